The van der Waals surface area contributed by atoms with Crippen LogP contribution in [0.2, 0.25) is 15.1 Å². The van der Waals surface area contributed by atoms with Crippen LogP contribution in [0.15, 0.2) is 54.6 Å². The summed E-state index contributed by atoms with van der Waals surface area (Å²) in [4.78, 5) is 39.6. The van der Waals surface area contributed by atoms with E-state index in [2.05, 4.69) is 0 Å². The second-order valence-corrected chi connectivity index (χ2v) is 8.51. The number of fused-ring (bicyclic) bond motifs is 1. The molecule has 2 aliphatic rings. The Bertz CT molecular complexity index is 1030. The monoisotopic (exact) mass is 462 g/mol. The first kappa shape index (κ1) is 20.9. The van der Waals surface area contributed by atoms with Crippen LogP contribution in [0.1, 0.15) is 28.8 Å². The van der Waals surface area contributed by atoms with Gasteiger partial charge < -0.3 is 0 Å². The maximum absolute atomic E-state index is 13.4. The Morgan fingerprint density at radius 1 is 0.900 bits per heavy atom. The standard InChI is InChI=1S/C22H17Cl3N2O3/c23-15-8-6-14(7-9-15)20(28)26(12-13-5-10-18(24)19(25)11-13)27-21(29)16-3-1-2-4-17(16)22(27)30/h1-2,5-11,16-17H,3-4,12H2/t16-,17+. The summed E-state index contributed by atoms with van der Waals surface area (Å²) in [6, 6.07) is 11.2. The van der Waals surface area contributed by atoms with E-state index in [1.54, 1.807) is 42.5 Å². The molecule has 1 aliphatic carbocycles. The summed E-state index contributed by atoms with van der Waals surface area (Å²) in [6.45, 7) is -0.0112. The second-order valence-electron chi connectivity index (χ2n) is 7.26. The maximum atomic E-state index is 13.4. The van der Waals surface area contributed by atoms with Crippen molar-refractivity contribution in [1.82, 2.24) is 10.0 Å². The molecule has 4 rings (SSSR count). The van der Waals surface area contributed by atoms with E-state index in [-0.39, 0.29) is 18.4 Å². The van der Waals surface area contributed by atoms with E-state index in [4.69, 9.17) is 34.8 Å². The fourth-order valence-electron chi connectivity index (χ4n) is 3.81. The molecule has 5 nitrogen and oxygen atoms in total. The zero-order valence-electron chi connectivity index (χ0n) is 15.7. The third kappa shape index (κ3) is 3.85. The summed E-state index contributed by atoms with van der Waals surface area (Å²) < 4.78 is 0. The van der Waals surface area contributed by atoms with Crippen LogP contribution in [-0.2, 0) is 16.1 Å². The van der Waals surface area contributed by atoms with Crippen molar-refractivity contribution in [2.45, 2.75) is 19.4 Å². The van der Waals surface area contributed by atoms with Gasteiger partial charge in [0, 0.05) is 10.6 Å². The molecule has 0 radical (unpaired) electrons. The molecule has 0 aromatic heterocycles. The zero-order valence-corrected chi connectivity index (χ0v) is 18.0. The Kier molecular flexibility index (Phi) is 5.87. The van der Waals surface area contributed by atoms with E-state index in [1.807, 2.05) is 12.2 Å². The first-order valence-corrected chi connectivity index (χ1v) is 10.5. The number of rotatable bonds is 4. The van der Waals surface area contributed by atoms with Crippen LogP contribution in [0.5, 0.6) is 0 Å². The Morgan fingerprint density at radius 3 is 2.07 bits per heavy atom. The van der Waals surface area contributed by atoms with Gasteiger partial charge in [0.2, 0.25) is 0 Å². The average molecular weight is 464 g/mol. The molecule has 8 heteroatoms. The molecule has 30 heavy (non-hydrogen) atoms. The number of nitrogens with zero attached hydrogens (tertiary/aromatic N) is 2. The van der Waals surface area contributed by atoms with Crippen molar-refractivity contribution in [3.8, 4) is 0 Å². The van der Waals surface area contributed by atoms with Gasteiger partial charge >= 0.3 is 0 Å². The van der Waals surface area contributed by atoms with Crippen LogP contribution in [-0.4, -0.2) is 27.7 Å². The quantitative estimate of drug-likeness (QED) is 0.465. The molecule has 154 valence electrons. The van der Waals surface area contributed by atoms with Crippen LogP contribution in [0.3, 0.4) is 0 Å². The van der Waals surface area contributed by atoms with Crippen molar-refractivity contribution in [1.29, 1.82) is 0 Å². The van der Waals surface area contributed by atoms with Gasteiger partial charge in [0.05, 0.1) is 28.4 Å². The van der Waals surface area contributed by atoms with E-state index >= 15 is 0 Å². The third-order valence-electron chi connectivity index (χ3n) is 5.37. The Morgan fingerprint density at radius 2 is 1.50 bits per heavy atom. The predicted molar refractivity (Wildman–Crippen MR) is 115 cm³/mol. The van der Waals surface area contributed by atoms with Crippen LogP contribution < -0.4 is 0 Å². The lowest BCUT2D eigenvalue weighted by Crippen LogP contribution is -2.49. The number of hydrogen-bond acceptors (Lipinski definition) is 3. The lowest BCUT2D eigenvalue weighted by Gasteiger charge is -2.30. The van der Waals surface area contributed by atoms with Gasteiger partial charge in [-0.25, -0.2) is 5.01 Å². The molecule has 0 unspecified atom stereocenters. The SMILES string of the molecule is O=C(c1ccc(Cl)cc1)N(Cc1ccc(Cl)c(Cl)c1)N1C(=O)[C@H]2CC=CC[C@H]2C1=O. The van der Waals surface area contributed by atoms with Gasteiger partial charge in [0.1, 0.15) is 0 Å². The van der Waals surface area contributed by atoms with Crippen LogP contribution in [0.4, 0.5) is 0 Å². The third-order valence-corrected chi connectivity index (χ3v) is 6.36. The van der Waals surface area contributed by atoms with Crippen molar-refractivity contribution in [3.05, 3.63) is 80.8 Å². The van der Waals surface area contributed by atoms with Crippen molar-refractivity contribution >= 4 is 52.5 Å². The van der Waals surface area contributed by atoms with E-state index in [9.17, 15) is 14.4 Å². The Labute approximate surface area is 188 Å². The number of carbonyl (C=O) groups is 3. The predicted octanol–water partition coefficient (Wildman–Crippen LogP) is 5.16. The van der Waals surface area contributed by atoms with Gasteiger partial charge in [0.15, 0.2) is 0 Å². The number of hydrazine groups is 1. The topological polar surface area (TPSA) is 57.7 Å². The number of allylic oxidation sites excluding steroid dienone is 2. The Balaban J connectivity index is 1.72. The lowest BCUT2D eigenvalue weighted by atomic mass is 9.85. The van der Waals surface area contributed by atoms with Gasteiger partial charge in [-0.15, -0.1) is 0 Å². The van der Waals surface area contributed by atoms with Crippen molar-refractivity contribution in [3.63, 3.8) is 0 Å². The number of carbonyl (C=O) groups excluding carboxylic acids is 3. The molecule has 0 spiro atoms. The van der Waals surface area contributed by atoms with Gasteiger partial charge in [0.25, 0.3) is 17.7 Å². The largest absolute Gasteiger partial charge is 0.273 e. The minimum atomic E-state index is -0.481. The highest BCUT2D eigenvalue weighted by molar-refractivity contribution is 6.42. The minimum Gasteiger partial charge on any atom is -0.272 e. The molecular weight excluding hydrogens is 447 g/mol. The minimum absolute atomic E-state index is 0.0112. The molecule has 3 amide bonds. The highest BCUT2D eigenvalue weighted by atomic mass is 35.5. The van der Waals surface area contributed by atoms with E-state index < -0.39 is 17.7 Å². The van der Waals surface area contributed by atoms with Gasteiger partial charge in [-0.05, 0) is 54.8 Å². The first-order valence-electron chi connectivity index (χ1n) is 9.41. The molecule has 0 bridgehead atoms. The first-order chi connectivity index (χ1) is 14.4. The summed E-state index contributed by atoms with van der Waals surface area (Å²) in [6.07, 6.45) is 4.78. The fraction of sp³-hybridized carbons (Fsp3) is 0.227. The van der Waals surface area contributed by atoms with E-state index in [1.165, 1.54) is 5.01 Å². The highest BCUT2D eigenvalue weighted by Crippen LogP contribution is 2.37. The smallest absolute Gasteiger partial charge is 0.272 e. The van der Waals surface area contributed by atoms with Crippen LogP contribution in [0.25, 0.3) is 0 Å². The summed E-state index contributed by atoms with van der Waals surface area (Å²) in [5.41, 5.74) is 0.952. The van der Waals surface area contributed by atoms with Crippen LogP contribution >= 0.6 is 34.8 Å². The van der Waals surface area contributed by atoms with Crippen molar-refractivity contribution in [2.24, 2.45) is 11.8 Å². The molecule has 0 saturated carbocycles. The molecule has 0 N–H and O–H groups in total. The maximum Gasteiger partial charge on any atom is 0.273 e. The lowest BCUT2D eigenvalue weighted by molar-refractivity contribution is -0.155. The van der Waals surface area contributed by atoms with E-state index in [0.717, 1.165) is 5.01 Å². The summed E-state index contributed by atoms with van der Waals surface area (Å²) in [5.74, 6) is -2.10. The summed E-state index contributed by atoms with van der Waals surface area (Å²) in [5, 5.41) is 3.37. The molecule has 2 aromatic carbocycles. The number of halogens is 3. The van der Waals surface area contributed by atoms with Gasteiger partial charge in [-0.3, -0.25) is 14.4 Å². The summed E-state index contributed by atoms with van der Waals surface area (Å²) >= 11 is 18.1. The molecule has 1 saturated heterocycles. The highest BCUT2D eigenvalue weighted by Gasteiger charge is 2.50. The van der Waals surface area contributed by atoms with Crippen molar-refractivity contribution < 1.29 is 14.4 Å². The number of benzene rings is 2. The number of imide groups is 1. The average Bonchev–Trinajstić information content (AvgIpc) is 2.99. The summed E-state index contributed by atoms with van der Waals surface area (Å²) in [7, 11) is 0. The number of amides is 3. The van der Waals surface area contributed by atoms with Gasteiger partial charge in [-0.1, -0.05) is 53.0 Å². The Hall–Kier alpha value is -2.34. The molecular formula is C22H17Cl3N2O3. The zero-order chi connectivity index (χ0) is 21.4. The molecule has 1 aliphatic heterocycles. The molecule has 2 atom stereocenters. The molecule has 1 heterocycles. The van der Waals surface area contributed by atoms with Gasteiger partial charge in [-0.2, -0.15) is 5.01 Å². The molecule has 1 fully saturated rings. The number of hydrogen-bond donors (Lipinski definition) is 0. The second kappa shape index (κ2) is 8.42. The normalized spacial score (nSPS) is 20.4. The van der Waals surface area contributed by atoms with E-state index in [0.29, 0.717) is 39.0 Å². The van der Waals surface area contributed by atoms with Crippen molar-refractivity contribution in [2.75, 3.05) is 0 Å². The molecule has 2 aromatic rings. The van der Waals surface area contributed by atoms with Crippen LogP contribution in [0, 0.1) is 11.8 Å². The fourth-order valence-corrected chi connectivity index (χ4v) is 4.25.